The number of benzene rings is 3. The topological polar surface area (TPSA) is 79.7 Å². The van der Waals surface area contributed by atoms with Crippen molar-refractivity contribution in [3.05, 3.63) is 122 Å². The van der Waals surface area contributed by atoms with Gasteiger partial charge in [-0.2, -0.15) is 0 Å². The molecule has 194 valence electrons. The van der Waals surface area contributed by atoms with Crippen LogP contribution in [0.25, 0.3) is 10.9 Å². The van der Waals surface area contributed by atoms with E-state index < -0.39 is 11.6 Å². The van der Waals surface area contributed by atoms with Crippen LogP contribution in [0.2, 0.25) is 5.02 Å². The summed E-state index contributed by atoms with van der Waals surface area (Å²) in [5.74, 6) is 0.595. The summed E-state index contributed by atoms with van der Waals surface area (Å²) >= 11 is 6.64. The molecule has 1 unspecified atom stereocenters. The van der Waals surface area contributed by atoms with E-state index in [1.54, 1.807) is 0 Å². The van der Waals surface area contributed by atoms with Crippen molar-refractivity contribution in [2.45, 2.75) is 52.4 Å². The lowest BCUT2D eigenvalue weighted by molar-refractivity contribution is 0.184. The second-order valence-corrected chi connectivity index (χ2v) is 11.0. The first-order chi connectivity index (χ1) is 18.2. The maximum Gasteiger partial charge on any atom is 0.253 e. The van der Waals surface area contributed by atoms with Crippen LogP contribution in [0.1, 0.15) is 54.9 Å². The monoisotopic (exact) mass is 526 g/mol. The van der Waals surface area contributed by atoms with Crippen LogP contribution in [0.4, 0.5) is 0 Å². The molecule has 0 saturated heterocycles. The van der Waals surface area contributed by atoms with Crippen LogP contribution in [-0.4, -0.2) is 30.1 Å². The Kier molecular flexibility index (Phi) is 7.15. The maximum absolute atomic E-state index is 13.8. The van der Waals surface area contributed by atoms with E-state index >= 15 is 0 Å². The molecule has 0 aliphatic carbocycles. The van der Waals surface area contributed by atoms with E-state index in [9.17, 15) is 4.79 Å². The lowest BCUT2D eigenvalue weighted by atomic mass is 9.99. The van der Waals surface area contributed by atoms with Crippen molar-refractivity contribution in [1.29, 1.82) is 0 Å². The smallest absolute Gasteiger partial charge is 0.253 e. The SMILES string of the molecule is Cc1cccc2cc(C(c3nnnn3C(C)(C)C)N(Cc3ccccc3)Cc3ccccc3Cl)c(=O)[nH]c12. The Morgan fingerprint density at radius 2 is 1.71 bits per heavy atom. The third-order valence-electron chi connectivity index (χ3n) is 6.71. The van der Waals surface area contributed by atoms with Crippen molar-refractivity contribution < 1.29 is 0 Å². The third-order valence-corrected chi connectivity index (χ3v) is 7.08. The van der Waals surface area contributed by atoms with Gasteiger partial charge in [0.25, 0.3) is 5.56 Å². The number of nitrogens with zero attached hydrogens (tertiary/aromatic N) is 5. The number of tetrazole rings is 1. The first kappa shape index (κ1) is 25.8. The normalized spacial score (nSPS) is 12.8. The molecule has 2 aromatic heterocycles. The van der Waals surface area contributed by atoms with Gasteiger partial charge in [0.15, 0.2) is 5.82 Å². The number of H-pyrrole nitrogens is 1. The highest BCUT2D eigenvalue weighted by Crippen LogP contribution is 2.33. The fourth-order valence-corrected chi connectivity index (χ4v) is 5.04. The largest absolute Gasteiger partial charge is 0.321 e. The first-order valence-electron chi connectivity index (χ1n) is 12.6. The van der Waals surface area contributed by atoms with Gasteiger partial charge in [0.05, 0.1) is 11.1 Å². The minimum Gasteiger partial charge on any atom is -0.321 e. The summed E-state index contributed by atoms with van der Waals surface area (Å²) < 4.78 is 1.81. The Morgan fingerprint density at radius 1 is 0.974 bits per heavy atom. The Hall–Kier alpha value is -3.81. The number of aromatic nitrogens is 5. The minimum atomic E-state index is -0.547. The molecule has 0 aliphatic heterocycles. The summed E-state index contributed by atoms with van der Waals surface area (Å²) in [6, 6.07) is 25.4. The van der Waals surface area contributed by atoms with Crippen molar-refractivity contribution in [3.63, 3.8) is 0 Å². The molecular weight excluding hydrogens is 496 g/mol. The van der Waals surface area contributed by atoms with Crippen molar-refractivity contribution >= 4 is 22.5 Å². The van der Waals surface area contributed by atoms with Crippen LogP contribution in [0.5, 0.6) is 0 Å². The van der Waals surface area contributed by atoms with E-state index in [0.29, 0.717) is 29.5 Å². The minimum absolute atomic E-state index is 0.169. The summed E-state index contributed by atoms with van der Waals surface area (Å²) in [7, 11) is 0. The number of hydrogen-bond acceptors (Lipinski definition) is 5. The van der Waals surface area contributed by atoms with Gasteiger partial charge in [-0.3, -0.25) is 9.69 Å². The van der Waals surface area contributed by atoms with Crippen molar-refractivity contribution in [2.75, 3.05) is 0 Å². The standard InChI is InChI=1S/C30H31ClN6O/c1-20-11-10-15-22-17-24(29(38)32-26(20)22)27(28-33-34-35-37(28)30(2,3)4)36(18-21-12-6-5-7-13-21)19-23-14-8-9-16-25(23)31/h5-17,27H,18-19H2,1-4H3,(H,32,38). The number of halogens is 1. The molecule has 5 rings (SSSR count). The highest BCUT2D eigenvalue weighted by Gasteiger charge is 2.34. The van der Waals surface area contributed by atoms with Crippen LogP contribution < -0.4 is 5.56 Å². The average Bonchev–Trinajstić information content (AvgIpc) is 3.37. The molecule has 3 aromatic carbocycles. The number of fused-ring (bicyclic) bond motifs is 1. The van der Waals surface area contributed by atoms with E-state index in [0.717, 1.165) is 27.6 Å². The molecule has 1 atom stereocenters. The summed E-state index contributed by atoms with van der Waals surface area (Å²) in [4.78, 5) is 19.1. The second-order valence-electron chi connectivity index (χ2n) is 10.6. The number of aromatic amines is 1. The maximum atomic E-state index is 13.8. The molecule has 38 heavy (non-hydrogen) atoms. The Bertz CT molecular complexity index is 1620. The van der Waals surface area contributed by atoms with Crippen LogP contribution >= 0.6 is 11.6 Å². The summed E-state index contributed by atoms with van der Waals surface area (Å²) in [5.41, 5.74) is 3.91. The molecule has 0 fully saturated rings. The van der Waals surface area contributed by atoms with Gasteiger partial charge in [-0.1, -0.05) is 78.3 Å². The molecule has 0 radical (unpaired) electrons. The van der Waals surface area contributed by atoms with E-state index in [1.165, 1.54) is 0 Å². The van der Waals surface area contributed by atoms with Crippen molar-refractivity contribution in [3.8, 4) is 0 Å². The highest BCUT2D eigenvalue weighted by molar-refractivity contribution is 6.31. The highest BCUT2D eigenvalue weighted by atomic mass is 35.5. The molecule has 2 heterocycles. The molecular formula is C30H31ClN6O. The van der Waals surface area contributed by atoms with Crippen LogP contribution in [0.15, 0.2) is 83.7 Å². The number of para-hydroxylation sites is 1. The van der Waals surface area contributed by atoms with Gasteiger partial charge >= 0.3 is 0 Å². The fraction of sp³-hybridized carbons (Fsp3) is 0.267. The molecule has 0 spiro atoms. The average molecular weight is 527 g/mol. The zero-order valence-electron chi connectivity index (χ0n) is 22.0. The lowest BCUT2D eigenvalue weighted by Crippen LogP contribution is -2.37. The lowest BCUT2D eigenvalue weighted by Gasteiger charge is -2.33. The van der Waals surface area contributed by atoms with Crippen molar-refractivity contribution in [1.82, 2.24) is 30.1 Å². The van der Waals surface area contributed by atoms with Gasteiger partial charge in [-0.25, -0.2) is 4.68 Å². The molecule has 0 aliphatic rings. The predicted octanol–water partition coefficient (Wildman–Crippen LogP) is 6.02. The molecule has 8 heteroatoms. The summed E-state index contributed by atoms with van der Waals surface area (Å²) in [6.07, 6.45) is 0. The molecule has 5 aromatic rings. The zero-order chi connectivity index (χ0) is 26.9. The van der Waals surface area contributed by atoms with Crippen molar-refractivity contribution in [2.24, 2.45) is 0 Å². The molecule has 0 bridgehead atoms. The Labute approximate surface area is 227 Å². The molecule has 7 nitrogen and oxygen atoms in total. The van der Waals surface area contributed by atoms with Crippen LogP contribution in [0.3, 0.4) is 0 Å². The number of hydrogen-bond donors (Lipinski definition) is 1. The Balaban J connectivity index is 1.75. The van der Waals surface area contributed by atoms with Gasteiger partial charge in [-0.05, 0) is 72.3 Å². The van der Waals surface area contributed by atoms with Crippen LogP contribution in [-0.2, 0) is 18.6 Å². The van der Waals surface area contributed by atoms with Gasteiger partial charge in [-0.15, -0.1) is 5.10 Å². The van der Waals surface area contributed by atoms with Crippen LogP contribution in [0, 0.1) is 6.92 Å². The molecule has 0 saturated carbocycles. The van der Waals surface area contributed by atoms with Gasteiger partial charge in [0.1, 0.15) is 6.04 Å². The fourth-order valence-electron chi connectivity index (χ4n) is 4.85. The molecule has 1 N–H and O–H groups in total. The van der Waals surface area contributed by atoms with E-state index in [4.69, 9.17) is 11.6 Å². The number of rotatable bonds is 7. The first-order valence-corrected chi connectivity index (χ1v) is 13.0. The number of aryl methyl sites for hydroxylation is 1. The van der Waals surface area contributed by atoms with E-state index in [-0.39, 0.29) is 5.56 Å². The second kappa shape index (κ2) is 10.5. The quantitative estimate of drug-likeness (QED) is 0.280. The van der Waals surface area contributed by atoms with Gasteiger partial charge in [0.2, 0.25) is 0 Å². The third kappa shape index (κ3) is 5.26. The summed E-state index contributed by atoms with van der Waals surface area (Å²) in [5, 5.41) is 14.5. The predicted molar refractivity (Wildman–Crippen MR) is 151 cm³/mol. The number of pyridine rings is 1. The zero-order valence-corrected chi connectivity index (χ0v) is 22.8. The Morgan fingerprint density at radius 3 is 2.45 bits per heavy atom. The summed E-state index contributed by atoms with van der Waals surface area (Å²) in [6.45, 7) is 9.18. The number of nitrogens with one attached hydrogen (secondary N) is 1. The van der Waals surface area contributed by atoms with Gasteiger partial charge in [0, 0.05) is 23.7 Å². The van der Waals surface area contributed by atoms with Gasteiger partial charge < -0.3 is 4.98 Å². The molecule has 0 amide bonds. The van der Waals surface area contributed by atoms with E-state index in [2.05, 4.69) is 37.5 Å². The van der Waals surface area contributed by atoms with E-state index in [1.807, 2.05) is 99.1 Å².